The number of hydrogen-bond donors (Lipinski definition) is 2. The lowest BCUT2D eigenvalue weighted by Gasteiger charge is -2.15. The maximum Gasteiger partial charge on any atom is 0.273 e. The molecule has 110 valence electrons. The molecule has 1 aromatic rings. The lowest BCUT2D eigenvalue weighted by Crippen LogP contribution is -2.30. The van der Waals surface area contributed by atoms with E-state index in [2.05, 4.69) is 5.32 Å². The van der Waals surface area contributed by atoms with E-state index in [1.807, 2.05) is 7.05 Å². The van der Waals surface area contributed by atoms with Crippen molar-refractivity contribution in [2.24, 2.45) is 11.1 Å². The first-order valence-electron chi connectivity index (χ1n) is 6.30. The van der Waals surface area contributed by atoms with E-state index in [-0.39, 0.29) is 16.6 Å². The molecule has 3 N–H and O–H groups in total. The fourth-order valence-electron chi connectivity index (χ4n) is 2.30. The summed E-state index contributed by atoms with van der Waals surface area (Å²) in [6, 6.07) is 4.00. The van der Waals surface area contributed by atoms with E-state index < -0.39 is 14.9 Å². The number of rotatable bonds is 6. The smallest absolute Gasteiger partial charge is 0.273 e. The molecule has 1 aliphatic rings. The van der Waals surface area contributed by atoms with Crippen LogP contribution in [0.1, 0.15) is 18.4 Å². The predicted octanol–water partition coefficient (Wildman–Crippen LogP) is 0.783. The van der Waals surface area contributed by atoms with Gasteiger partial charge >= 0.3 is 0 Å². The number of nitro benzene ring substituents is 1. The lowest BCUT2D eigenvalue weighted by atomic mass is 10.0. The van der Waals surface area contributed by atoms with Gasteiger partial charge in [-0.25, -0.2) is 13.6 Å². The quantitative estimate of drug-likeness (QED) is 0.595. The highest BCUT2D eigenvalue weighted by atomic mass is 32.2. The molecule has 0 radical (unpaired) electrons. The van der Waals surface area contributed by atoms with Crippen LogP contribution >= 0.6 is 0 Å². The molecule has 1 aliphatic carbocycles. The number of likely N-dealkylation sites (N-methyl/N-ethyl adjacent to an activating group) is 1. The Bertz CT molecular complexity index is 626. The van der Waals surface area contributed by atoms with Crippen LogP contribution in [0.2, 0.25) is 0 Å². The topological polar surface area (TPSA) is 115 Å². The second-order valence-electron chi connectivity index (χ2n) is 5.03. The van der Waals surface area contributed by atoms with Crippen LogP contribution in [0.25, 0.3) is 0 Å². The molecule has 8 heteroatoms. The molecule has 7 nitrogen and oxygen atoms in total. The van der Waals surface area contributed by atoms with E-state index in [0.29, 0.717) is 17.9 Å². The average Bonchev–Trinajstić information content (AvgIpc) is 3.18. The lowest BCUT2D eigenvalue weighted by molar-refractivity contribution is -0.385. The van der Waals surface area contributed by atoms with Crippen LogP contribution in [0.15, 0.2) is 23.1 Å². The highest BCUT2D eigenvalue weighted by molar-refractivity contribution is 7.89. The third-order valence-corrected chi connectivity index (χ3v) is 4.49. The van der Waals surface area contributed by atoms with Crippen molar-refractivity contribution >= 4 is 15.7 Å². The van der Waals surface area contributed by atoms with Gasteiger partial charge in [-0.1, -0.05) is 6.07 Å². The van der Waals surface area contributed by atoms with Gasteiger partial charge in [0.1, 0.15) is 0 Å². The molecule has 1 fully saturated rings. The Morgan fingerprint density at radius 1 is 1.50 bits per heavy atom. The molecule has 0 saturated heterocycles. The van der Waals surface area contributed by atoms with E-state index in [1.165, 1.54) is 12.1 Å². The second-order valence-corrected chi connectivity index (χ2v) is 6.59. The molecule has 0 aromatic heterocycles. The summed E-state index contributed by atoms with van der Waals surface area (Å²) in [5.74, 6) is 0.539. The van der Waals surface area contributed by atoms with Crippen LogP contribution in [-0.2, 0) is 16.4 Å². The molecule has 1 unspecified atom stereocenters. The Morgan fingerprint density at radius 2 is 2.15 bits per heavy atom. The van der Waals surface area contributed by atoms with Crippen molar-refractivity contribution in [1.29, 1.82) is 0 Å². The van der Waals surface area contributed by atoms with Gasteiger partial charge in [0, 0.05) is 17.7 Å². The molecular weight excluding hydrogens is 282 g/mol. The molecule has 0 spiro atoms. The number of sulfonamides is 1. The van der Waals surface area contributed by atoms with Gasteiger partial charge in [-0.2, -0.15) is 0 Å². The van der Waals surface area contributed by atoms with Crippen molar-refractivity contribution in [2.45, 2.75) is 30.2 Å². The van der Waals surface area contributed by atoms with Gasteiger partial charge in [0.2, 0.25) is 10.0 Å². The summed E-state index contributed by atoms with van der Waals surface area (Å²) in [6.07, 6.45) is 2.74. The van der Waals surface area contributed by atoms with Gasteiger partial charge in [-0.05, 0) is 38.3 Å². The highest BCUT2D eigenvalue weighted by Crippen LogP contribution is 2.35. The minimum absolute atomic E-state index is 0.175. The molecule has 0 bridgehead atoms. The Hall–Kier alpha value is -1.51. The van der Waals surface area contributed by atoms with Gasteiger partial charge < -0.3 is 5.32 Å². The molecule has 0 heterocycles. The van der Waals surface area contributed by atoms with Gasteiger partial charge in [-0.3, -0.25) is 10.1 Å². The summed E-state index contributed by atoms with van der Waals surface area (Å²) in [5, 5.41) is 19.3. The number of hydrogen-bond acceptors (Lipinski definition) is 5. The first-order chi connectivity index (χ1) is 9.32. The van der Waals surface area contributed by atoms with Crippen LogP contribution in [0.4, 0.5) is 5.69 Å². The molecular formula is C12H17N3O4S. The Labute approximate surface area is 117 Å². The van der Waals surface area contributed by atoms with Crippen molar-refractivity contribution in [1.82, 2.24) is 5.32 Å². The third-order valence-electron chi connectivity index (χ3n) is 3.58. The summed E-state index contributed by atoms with van der Waals surface area (Å²) >= 11 is 0. The molecule has 1 atom stereocenters. The second kappa shape index (κ2) is 5.47. The van der Waals surface area contributed by atoms with E-state index in [0.717, 1.165) is 18.9 Å². The summed E-state index contributed by atoms with van der Waals surface area (Å²) in [7, 11) is -2.11. The SMILES string of the molecule is CNC(Cc1ccc(S(N)(=O)=O)cc1[N+](=O)[O-])C1CC1. The zero-order valence-corrected chi connectivity index (χ0v) is 11.9. The van der Waals surface area contributed by atoms with E-state index >= 15 is 0 Å². The number of nitrogens with two attached hydrogens (primary N) is 1. The number of nitrogens with zero attached hydrogens (tertiary/aromatic N) is 1. The predicted molar refractivity (Wildman–Crippen MR) is 73.7 cm³/mol. The monoisotopic (exact) mass is 299 g/mol. The minimum atomic E-state index is -3.93. The van der Waals surface area contributed by atoms with Gasteiger partial charge in [0.05, 0.1) is 9.82 Å². The minimum Gasteiger partial charge on any atom is -0.316 e. The van der Waals surface area contributed by atoms with Crippen LogP contribution < -0.4 is 10.5 Å². The highest BCUT2D eigenvalue weighted by Gasteiger charge is 2.31. The van der Waals surface area contributed by atoms with Crippen LogP contribution in [0.5, 0.6) is 0 Å². The van der Waals surface area contributed by atoms with Crippen molar-refractivity contribution in [2.75, 3.05) is 7.05 Å². The summed E-state index contributed by atoms with van der Waals surface area (Å²) in [5.41, 5.74) is 0.325. The average molecular weight is 299 g/mol. The fourth-order valence-corrected chi connectivity index (χ4v) is 2.84. The standard InChI is InChI=1S/C12H17N3O4S/c1-14-11(8-2-3-8)6-9-4-5-10(20(13,18)19)7-12(9)15(16)17/h4-5,7-8,11,14H,2-3,6H2,1H3,(H2,13,18,19). The third kappa shape index (κ3) is 3.33. The molecule has 0 aliphatic heterocycles. The number of primary sulfonamides is 1. The summed E-state index contributed by atoms with van der Waals surface area (Å²) in [4.78, 5) is 10.3. The van der Waals surface area contributed by atoms with Gasteiger partial charge in [0.25, 0.3) is 5.69 Å². The van der Waals surface area contributed by atoms with E-state index in [9.17, 15) is 18.5 Å². The molecule has 0 amide bonds. The Kier molecular flexibility index (Phi) is 4.07. The van der Waals surface area contributed by atoms with Crippen molar-refractivity contribution in [3.05, 3.63) is 33.9 Å². The first-order valence-corrected chi connectivity index (χ1v) is 7.85. The summed E-state index contributed by atoms with van der Waals surface area (Å²) < 4.78 is 22.5. The number of nitro groups is 1. The maximum absolute atomic E-state index is 11.3. The Morgan fingerprint density at radius 3 is 2.60 bits per heavy atom. The molecule has 20 heavy (non-hydrogen) atoms. The van der Waals surface area contributed by atoms with Crippen molar-refractivity contribution < 1.29 is 13.3 Å². The van der Waals surface area contributed by atoms with Gasteiger partial charge in [-0.15, -0.1) is 0 Å². The Balaban J connectivity index is 2.35. The first kappa shape index (κ1) is 14.9. The largest absolute Gasteiger partial charge is 0.316 e. The van der Waals surface area contributed by atoms with E-state index in [1.54, 1.807) is 0 Å². The zero-order chi connectivity index (χ0) is 14.9. The fraction of sp³-hybridized carbons (Fsp3) is 0.500. The van der Waals surface area contributed by atoms with Crippen LogP contribution in [0.3, 0.4) is 0 Å². The molecule has 1 saturated carbocycles. The zero-order valence-electron chi connectivity index (χ0n) is 11.1. The van der Waals surface area contributed by atoms with Crippen molar-refractivity contribution in [3.8, 4) is 0 Å². The maximum atomic E-state index is 11.3. The molecule has 2 rings (SSSR count). The number of nitrogens with one attached hydrogen (secondary N) is 1. The van der Waals surface area contributed by atoms with Crippen LogP contribution in [0, 0.1) is 16.0 Å². The van der Waals surface area contributed by atoms with Crippen molar-refractivity contribution in [3.63, 3.8) is 0 Å². The molecule has 1 aromatic carbocycles. The summed E-state index contributed by atoms with van der Waals surface area (Å²) in [6.45, 7) is 0. The normalized spacial score (nSPS) is 16.9. The van der Waals surface area contributed by atoms with Gasteiger partial charge in [0.15, 0.2) is 0 Å². The van der Waals surface area contributed by atoms with E-state index in [4.69, 9.17) is 5.14 Å². The van der Waals surface area contributed by atoms with Crippen LogP contribution in [-0.4, -0.2) is 26.4 Å². The number of benzene rings is 1.